The molecule has 0 saturated carbocycles. The van der Waals surface area contributed by atoms with Crippen molar-refractivity contribution in [3.8, 4) is 0 Å². The van der Waals surface area contributed by atoms with Gasteiger partial charge in [0.15, 0.2) is 0 Å². The van der Waals surface area contributed by atoms with E-state index < -0.39 is 0 Å². The zero-order valence-corrected chi connectivity index (χ0v) is 16.3. The van der Waals surface area contributed by atoms with E-state index in [-0.39, 0.29) is 23.9 Å². The number of ketones is 1. The molecule has 0 aromatic heterocycles. The minimum Gasteiger partial charge on any atom is -0.302 e. The van der Waals surface area contributed by atoms with Crippen LogP contribution in [0, 0.1) is 11.8 Å². The van der Waals surface area contributed by atoms with Crippen molar-refractivity contribution >= 4 is 37.6 Å². The predicted molar refractivity (Wildman–Crippen MR) is 100 cm³/mol. The van der Waals surface area contributed by atoms with Crippen LogP contribution in [-0.2, 0) is 4.79 Å². The molecule has 1 aliphatic heterocycles. The van der Waals surface area contributed by atoms with Gasteiger partial charge in [0.05, 0.1) is 0 Å². The van der Waals surface area contributed by atoms with E-state index in [4.69, 9.17) is 0 Å². The van der Waals surface area contributed by atoms with E-state index in [2.05, 4.69) is 61.4 Å². The van der Waals surface area contributed by atoms with Crippen molar-refractivity contribution in [2.24, 2.45) is 11.8 Å². The fraction of sp³-hybridized carbons (Fsp3) is 0.316. The second kappa shape index (κ2) is 6.88. The fourth-order valence-corrected chi connectivity index (χ4v) is 4.23. The first-order valence-electron chi connectivity index (χ1n) is 7.78. The number of hydrogen-bond acceptors (Lipinski definition) is 2. The van der Waals surface area contributed by atoms with Crippen LogP contribution in [0.1, 0.15) is 37.1 Å². The highest BCUT2D eigenvalue weighted by atomic mass is 79.9. The lowest BCUT2D eigenvalue weighted by molar-refractivity contribution is -0.130. The molecule has 0 spiro atoms. The number of piperidine rings is 1. The third kappa shape index (κ3) is 3.44. The van der Waals surface area contributed by atoms with Crippen molar-refractivity contribution in [1.82, 2.24) is 5.32 Å². The van der Waals surface area contributed by atoms with E-state index in [0.29, 0.717) is 5.78 Å². The first-order valence-corrected chi connectivity index (χ1v) is 9.36. The van der Waals surface area contributed by atoms with E-state index in [9.17, 15) is 4.79 Å². The maximum atomic E-state index is 12.8. The predicted octanol–water partition coefficient (Wildman–Crippen LogP) is 5.44. The number of rotatable bonds is 2. The van der Waals surface area contributed by atoms with Crippen LogP contribution >= 0.6 is 31.9 Å². The Hall–Kier alpha value is -0.970. The molecule has 0 unspecified atom stereocenters. The zero-order valence-electron chi connectivity index (χ0n) is 13.1. The second-order valence-electron chi connectivity index (χ2n) is 6.21. The summed E-state index contributed by atoms with van der Waals surface area (Å²) in [7, 11) is 0. The van der Waals surface area contributed by atoms with Gasteiger partial charge in [0, 0.05) is 32.9 Å². The molecule has 1 fully saturated rings. The van der Waals surface area contributed by atoms with E-state index >= 15 is 0 Å². The van der Waals surface area contributed by atoms with Gasteiger partial charge in [-0.3, -0.25) is 4.79 Å². The van der Waals surface area contributed by atoms with E-state index in [0.717, 1.165) is 20.1 Å². The number of carbonyl (C=O) groups excluding carboxylic acids is 1. The quantitative estimate of drug-likeness (QED) is 0.679. The molecule has 120 valence electrons. The summed E-state index contributed by atoms with van der Waals surface area (Å²) in [6.45, 7) is 4.04. The Bertz CT molecular complexity index is 671. The molecule has 1 N–H and O–H groups in total. The number of benzene rings is 2. The van der Waals surface area contributed by atoms with Crippen molar-refractivity contribution in [1.29, 1.82) is 0 Å². The van der Waals surface area contributed by atoms with Crippen molar-refractivity contribution in [3.63, 3.8) is 0 Å². The Balaban J connectivity index is 1.97. The number of halogens is 2. The smallest absolute Gasteiger partial charge is 0.142 e. The van der Waals surface area contributed by atoms with Crippen molar-refractivity contribution in [2.45, 2.75) is 25.9 Å². The first-order chi connectivity index (χ1) is 11.0. The average molecular weight is 437 g/mol. The SMILES string of the molecule is C[C@@H]1C(=O)[C@H](C)[C@@H](c2cccc(Br)c2)N[C@H]1c1cccc(Br)c1. The molecule has 2 aromatic rings. The Morgan fingerprint density at radius 1 is 0.826 bits per heavy atom. The lowest BCUT2D eigenvalue weighted by Gasteiger charge is -2.39. The molecule has 0 bridgehead atoms. The maximum Gasteiger partial charge on any atom is 0.142 e. The number of Topliss-reactive ketones (excluding diaryl/α,β-unsaturated/α-hetero) is 1. The van der Waals surface area contributed by atoms with Gasteiger partial charge in [0.2, 0.25) is 0 Å². The standard InChI is InChI=1S/C19H19Br2NO/c1-11-17(13-5-3-7-15(20)9-13)22-18(12(2)19(11)23)14-6-4-8-16(21)10-14/h3-12,17-18,22H,1-2H3/t11-,12+,17+,18-. The van der Waals surface area contributed by atoms with Crippen LogP contribution in [0.3, 0.4) is 0 Å². The molecule has 4 heteroatoms. The molecule has 0 amide bonds. The normalized spacial score (nSPS) is 27.9. The lowest BCUT2D eigenvalue weighted by atomic mass is 9.76. The largest absolute Gasteiger partial charge is 0.302 e. The Morgan fingerprint density at radius 3 is 1.65 bits per heavy atom. The zero-order chi connectivity index (χ0) is 16.6. The summed E-state index contributed by atoms with van der Waals surface area (Å²) < 4.78 is 2.07. The average Bonchev–Trinajstić information content (AvgIpc) is 2.53. The van der Waals surface area contributed by atoms with Crippen molar-refractivity contribution < 1.29 is 4.79 Å². The van der Waals surface area contributed by atoms with Crippen LogP contribution in [-0.4, -0.2) is 5.78 Å². The molecule has 2 aromatic carbocycles. The summed E-state index contributed by atoms with van der Waals surface area (Å²) in [5, 5.41) is 3.71. The summed E-state index contributed by atoms with van der Waals surface area (Å²) in [5.74, 6) is 0.240. The van der Waals surface area contributed by atoms with E-state index in [1.54, 1.807) is 0 Å². The van der Waals surface area contributed by atoms with Crippen molar-refractivity contribution in [3.05, 3.63) is 68.6 Å². The Kier molecular flexibility index (Phi) is 5.04. The van der Waals surface area contributed by atoms with Crippen LogP contribution in [0.4, 0.5) is 0 Å². The van der Waals surface area contributed by atoms with Gasteiger partial charge >= 0.3 is 0 Å². The summed E-state index contributed by atoms with van der Waals surface area (Å²) in [6, 6.07) is 16.5. The Morgan fingerprint density at radius 2 is 1.26 bits per heavy atom. The van der Waals surface area contributed by atoms with Crippen LogP contribution in [0.25, 0.3) is 0 Å². The molecule has 3 rings (SSSR count). The molecule has 1 heterocycles. The highest BCUT2D eigenvalue weighted by Gasteiger charge is 2.40. The Labute approximate surface area is 153 Å². The van der Waals surface area contributed by atoms with Crippen LogP contribution in [0.2, 0.25) is 0 Å². The molecule has 1 aliphatic rings. The fourth-order valence-electron chi connectivity index (χ4n) is 3.40. The summed E-state index contributed by atoms with van der Waals surface area (Å²) >= 11 is 7.05. The summed E-state index contributed by atoms with van der Waals surface area (Å²) in [5.41, 5.74) is 2.29. The van der Waals surface area contributed by atoms with Gasteiger partial charge in [-0.1, -0.05) is 70.0 Å². The first kappa shape index (κ1) is 16.9. The number of hydrogen-bond donors (Lipinski definition) is 1. The topological polar surface area (TPSA) is 29.1 Å². The molecule has 1 saturated heterocycles. The highest BCUT2D eigenvalue weighted by Crippen LogP contribution is 2.39. The molecule has 2 nitrogen and oxygen atoms in total. The van der Waals surface area contributed by atoms with Gasteiger partial charge in [-0.25, -0.2) is 0 Å². The maximum absolute atomic E-state index is 12.8. The van der Waals surface area contributed by atoms with Gasteiger partial charge in [0.25, 0.3) is 0 Å². The molecular weight excluding hydrogens is 418 g/mol. The molecule has 0 aliphatic carbocycles. The third-order valence-electron chi connectivity index (χ3n) is 4.67. The van der Waals surface area contributed by atoms with Gasteiger partial charge < -0.3 is 5.32 Å². The second-order valence-corrected chi connectivity index (χ2v) is 8.04. The van der Waals surface area contributed by atoms with E-state index in [1.807, 2.05) is 38.1 Å². The summed E-state index contributed by atoms with van der Waals surface area (Å²) in [4.78, 5) is 12.8. The minimum atomic E-state index is -0.0392. The third-order valence-corrected chi connectivity index (χ3v) is 5.66. The lowest BCUT2D eigenvalue weighted by Crippen LogP contribution is -2.46. The summed E-state index contributed by atoms with van der Waals surface area (Å²) in [6.07, 6.45) is 0. The number of nitrogens with one attached hydrogen (secondary N) is 1. The van der Waals surface area contributed by atoms with Gasteiger partial charge in [0.1, 0.15) is 5.78 Å². The molecule has 0 radical (unpaired) electrons. The van der Waals surface area contributed by atoms with Crippen LogP contribution in [0.15, 0.2) is 57.5 Å². The van der Waals surface area contributed by atoms with Crippen molar-refractivity contribution in [2.75, 3.05) is 0 Å². The minimum absolute atomic E-state index is 0.0279. The van der Waals surface area contributed by atoms with Crippen LogP contribution < -0.4 is 5.32 Å². The van der Waals surface area contributed by atoms with Crippen LogP contribution in [0.5, 0.6) is 0 Å². The monoisotopic (exact) mass is 435 g/mol. The highest BCUT2D eigenvalue weighted by molar-refractivity contribution is 9.10. The van der Waals surface area contributed by atoms with Gasteiger partial charge in [-0.15, -0.1) is 0 Å². The van der Waals surface area contributed by atoms with Gasteiger partial charge in [-0.2, -0.15) is 0 Å². The number of carbonyl (C=O) groups is 1. The molecular formula is C19H19Br2NO. The molecule has 4 atom stereocenters. The van der Waals surface area contributed by atoms with Gasteiger partial charge in [-0.05, 0) is 35.4 Å². The van der Waals surface area contributed by atoms with E-state index in [1.165, 1.54) is 0 Å². The molecule has 23 heavy (non-hydrogen) atoms.